The first-order valence-electron chi connectivity index (χ1n) is 14.8. The van der Waals surface area contributed by atoms with Crippen LogP contribution in [0.15, 0.2) is 61.8 Å². The number of nitrogen functional groups attached to an aromatic ring is 1. The van der Waals surface area contributed by atoms with E-state index in [-0.39, 0.29) is 40.2 Å². The SMILES string of the molecule is C=CCN(CC=C)C(=O)C(Cl)Cl.CCOCN(C(=O)CCl)c1c(C)cccc1CC.Nc1c([N+](=O)[O-])cnn1-c1c(Cl)cc(C(F)(F)F)cc1Cl. The Labute approximate surface area is 318 Å². The molecule has 51 heavy (non-hydrogen) atoms. The second kappa shape index (κ2) is 21.7. The van der Waals surface area contributed by atoms with Crippen LogP contribution in [-0.4, -0.2) is 68.6 Å². The summed E-state index contributed by atoms with van der Waals surface area (Å²) in [5, 5.41) is 13.5. The molecule has 0 unspecified atom stereocenters. The van der Waals surface area contributed by atoms with Gasteiger partial charge in [0, 0.05) is 19.7 Å². The third kappa shape index (κ3) is 13.2. The molecule has 0 fully saturated rings. The predicted molar refractivity (Wildman–Crippen MR) is 197 cm³/mol. The summed E-state index contributed by atoms with van der Waals surface area (Å²) < 4.78 is 44.0. The van der Waals surface area contributed by atoms with Gasteiger partial charge in [0.15, 0.2) is 4.84 Å². The van der Waals surface area contributed by atoms with Crippen molar-refractivity contribution in [3.05, 3.63) is 98.7 Å². The van der Waals surface area contributed by atoms with Crippen LogP contribution >= 0.6 is 58.0 Å². The van der Waals surface area contributed by atoms with Crippen molar-refractivity contribution in [1.29, 1.82) is 0 Å². The van der Waals surface area contributed by atoms with Gasteiger partial charge in [-0.1, -0.05) is 83.7 Å². The van der Waals surface area contributed by atoms with Crippen molar-refractivity contribution < 1.29 is 32.4 Å². The maximum Gasteiger partial charge on any atom is 0.416 e. The molecule has 0 radical (unpaired) electrons. The van der Waals surface area contributed by atoms with Gasteiger partial charge in [-0.15, -0.1) is 24.8 Å². The Morgan fingerprint density at radius 2 is 1.71 bits per heavy atom. The third-order valence-electron chi connectivity index (χ3n) is 6.55. The van der Waals surface area contributed by atoms with E-state index in [0.29, 0.717) is 31.8 Å². The Morgan fingerprint density at radius 3 is 2.12 bits per heavy atom. The van der Waals surface area contributed by atoms with Gasteiger partial charge in [0.2, 0.25) is 11.7 Å². The van der Waals surface area contributed by atoms with Crippen molar-refractivity contribution in [1.82, 2.24) is 14.7 Å². The molecule has 0 aliphatic rings. The number of amides is 2. The van der Waals surface area contributed by atoms with E-state index in [2.05, 4.69) is 25.2 Å². The molecule has 0 atom stereocenters. The summed E-state index contributed by atoms with van der Waals surface area (Å²) in [6, 6.07) is 7.30. The van der Waals surface area contributed by atoms with E-state index in [1.54, 1.807) is 17.1 Å². The van der Waals surface area contributed by atoms with Crippen LogP contribution < -0.4 is 10.6 Å². The lowest BCUT2D eigenvalue weighted by Gasteiger charge is -2.25. The minimum Gasteiger partial charge on any atom is -0.378 e. The van der Waals surface area contributed by atoms with Crippen molar-refractivity contribution in [2.75, 3.05) is 42.9 Å². The maximum atomic E-state index is 12.6. The molecule has 280 valence electrons. The van der Waals surface area contributed by atoms with E-state index in [1.807, 2.05) is 32.0 Å². The summed E-state index contributed by atoms with van der Waals surface area (Å²) >= 11 is 28.0. The molecule has 3 rings (SSSR count). The molecule has 2 aromatic carbocycles. The Hall–Kier alpha value is -3.53. The fourth-order valence-corrected chi connectivity index (χ4v) is 5.28. The quantitative estimate of drug-likeness (QED) is 0.0599. The molecule has 19 heteroatoms. The lowest BCUT2D eigenvalue weighted by atomic mass is 10.0. The number of para-hydroxylation sites is 1. The normalized spacial score (nSPS) is 10.7. The van der Waals surface area contributed by atoms with E-state index in [1.165, 1.54) is 4.90 Å². The molecule has 1 aromatic heterocycles. The zero-order chi connectivity index (χ0) is 39.1. The number of halogens is 8. The first-order valence-corrected chi connectivity index (χ1v) is 16.9. The number of anilines is 2. The standard InChI is InChI=1S/C14H20ClNO2.C10H5Cl2F3N4O2.C8H11Cl2NO/c1-4-12-8-6-7-11(3)14(12)16(10-18-5-2)13(17)9-15;11-5-1-4(10(13,14)15)2-6(12)8(5)18-9(16)7(3-17-18)19(20)21;1-3-5-11(6-4-2)8(12)7(9)10/h6-8H,4-5,9-10H2,1-3H3;1-3H,16H2;3-4,7H,1-2,5-6H2. The van der Waals surface area contributed by atoms with Crippen LogP contribution in [0.2, 0.25) is 10.0 Å². The van der Waals surface area contributed by atoms with E-state index < -0.39 is 33.0 Å². The van der Waals surface area contributed by atoms with Crippen LogP contribution in [0, 0.1) is 17.0 Å². The monoisotopic (exact) mass is 816 g/mol. The van der Waals surface area contributed by atoms with Crippen molar-refractivity contribution >= 4 is 87.0 Å². The van der Waals surface area contributed by atoms with Gasteiger partial charge in [-0.2, -0.15) is 18.3 Å². The number of hydrogen-bond donors (Lipinski definition) is 1. The molecule has 1 heterocycles. The van der Waals surface area contributed by atoms with Crippen LogP contribution in [0.3, 0.4) is 0 Å². The van der Waals surface area contributed by atoms with Crippen molar-refractivity contribution in [3.8, 4) is 5.69 Å². The molecule has 2 N–H and O–H groups in total. The zero-order valence-electron chi connectivity index (χ0n) is 27.7. The lowest BCUT2D eigenvalue weighted by molar-refractivity contribution is -0.383. The van der Waals surface area contributed by atoms with Gasteiger partial charge in [0.25, 0.3) is 5.91 Å². The minimum absolute atomic E-state index is 0.0371. The van der Waals surface area contributed by atoms with Gasteiger partial charge in [-0.05, 0) is 43.5 Å². The Morgan fingerprint density at radius 1 is 1.14 bits per heavy atom. The van der Waals surface area contributed by atoms with Crippen LogP contribution in [0.5, 0.6) is 0 Å². The first-order chi connectivity index (χ1) is 23.9. The van der Waals surface area contributed by atoms with Gasteiger partial charge in [-0.3, -0.25) is 24.6 Å². The van der Waals surface area contributed by atoms with E-state index >= 15 is 0 Å². The number of rotatable bonds is 13. The highest BCUT2D eigenvalue weighted by atomic mass is 35.5. The average molecular weight is 819 g/mol. The molecule has 0 saturated carbocycles. The zero-order valence-corrected chi connectivity index (χ0v) is 31.5. The molecule has 0 saturated heterocycles. The second-order valence-electron chi connectivity index (χ2n) is 10.0. The number of ether oxygens (including phenoxy) is 1. The number of carbonyl (C=O) groups excluding carboxylic acids is 2. The molecule has 0 bridgehead atoms. The highest BCUT2D eigenvalue weighted by molar-refractivity contribution is 6.53. The van der Waals surface area contributed by atoms with Crippen LogP contribution in [0.25, 0.3) is 5.69 Å². The average Bonchev–Trinajstić information content (AvgIpc) is 3.45. The van der Waals surface area contributed by atoms with Gasteiger partial charge in [-0.25, -0.2) is 4.68 Å². The maximum absolute atomic E-state index is 12.6. The second-order valence-corrected chi connectivity index (χ2v) is 12.2. The molecule has 0 aliphatic carbocycles. The first kappa shape index (κ1) is 45.5. The molecular formula is C32H36Cl5F3N6O5. The molecule has 3 aromatic rings. The largest absolute Gasteiger partial charge is 0.416 e. The number of alkyl halides is 6. The summed E-state index contributed by atoms with van der Waals surface area (Å²) in [5.41, 5.74) is 6.91. The van der Waals surface area contributed by atoms with Gasteiger partial charge in [0.05, 0.1) is 26.2 Å². The summed E-state index contributed by atoms with van der Waals surface area (Å²) in [4.78, 5) is 35.1. The molecule has 2 amide bonds. The number of carbonyl (C=O) groups is 2. The Kier molecular flexibility index (Phi) is 19.4. The van der Waals surface area contributed by atoms with Gasteiger partial charge >= 0.3 is 11.9 Å². The Bertz CT molecular complexity index is 1640. The third-order valence-corrected chi connectivity index (χ3v) is 7.73. The number of nitrogens with zero attached hydrogens (tertiary/aromatic N) is 5. The number of hydrogen-bond acceptors (Lipinski definition) is 7. The van der Waals surface area contributed by atoms with Crippen molar-refractivity contribution in [2.24, 2.45) is 0 Å². The number of aromatic nitrogens is 2. The smallest absolute Gasteiger partial charge is 0.378 e. The van der Waals surface area contributed by atoms with E-state index in [4.69, 9.17) is 68.5 Å². The number of nitrogens with two attached hydrogens (primary N) is 1. The summed E-state index contributed by atoms with van der Waals surface area (Å²) in [6.07, 6.45) is 0.303. The predicted octanol–water partition coefficient (Wildman–Crippen LogP) is 8.80. The van der Waals surface area contributed by atoms with Gasteiger partial charge in [0.1, 0.15) is 24.5 Å². The molecule has 0 spiro atoms. The number of nitro groups is 1. The highest BCUT2D eigenvalue weighted by Gasteiger charge is 2.33. The van der Waals surface area contributed by atoms with Crippen molar-refractivity contribution in [2.45, 2.75) is 38.2 Å². The summed E-state index contributed by atoms with van der Waals surface area (Å²) in [7, 11) is 0. The topological polar surface area (TPSA) is 137 Å². The summed E-state index contributed by atoms with van der Waals surface area (Å²) in [5.74, 6) is -0.888. The lowest BCUT2D eigenvalue weighted by Crippen LogP contribution is -2.35. The fourth-order valence-electron chi connectivity index (χ4n) is 4.21. The van der Waals surface area contributed by atoms with Crippen molar-refractivity contribution in [3.63, 3.8) is 0 Å². The fraction of sp³-hybridized carbons (Fsp3) is 0.344. The number of aryl methyl sites for hydroxylation is 2. The van der Waals surface area contributed by atoms with E-state index in [9.17, 15) is 32.9 Å². The van der Waals surface area contributed by atoms with E-state index in [0.717, 1.165) is 34.1 Å². The van der Waals surface area contributed by atoms with Crippen LogP contribution in [-0.2, 0) is 26.9 Å². The molecule has 11 nitrogen and oxygen atoms in total. The highest BCUT2D eigenvalue weighted by Crippen LogP contribution is 2.39. The number of benzene rings is 2. The molecular weight excluding hydrogens is 783 g/mol. The van der Waals surface area contributed by atoms with Crippen LogP contribution in [0.1, 0.15) is 30.5 Å². The molecule has 0 aliphatic heterocycles. The Balaban J connectivity index is 0.000000398. The van der Waals surface area contributed by atoms with Crippen LogP contribution in [0.4, 0.5) is 30.4 Å². The summed E-state index contributed by atoms with van der Waals surface area (Å²) in [6.45, 7) is 14.7. The van der Waals surface area contributed by atoms with Gasteiger partial charge < -0.3 is 15.4 Å². The minimum atomic E-state index is -4.63.